The minimum Gasteiger partial charge on any atom is -0.508 e. The molecule has 4 amide bonds. The topological polar surface area (TPSA) is 163 Å². The second kappa shape index (κ2) is 15.8. The summed E-state index contributed by atoms with van der Waals surface area (Å²) in [7, 11) is 0. The highest BCUT2D eigenvalue weighted by molar-refractivity contribution is 7.98. The summed E-state index contributed by atoms with van der Waals surface area (Å²) in [6, 6.07) is 13.6. The van der Waals surface area contributed by atoms with Gasteiger partial charge in [0.15, 0.2) is 0 Å². The summed E-state index contributed by atoms with van der Waals surface area (Å²) in [5, 5.41) is 21.1. The van der Waals surface area contributed by atoms with E-state index in [9.17, 15) is 24.3 Å². The molecule has 10 nitrogen and oxygen atoms in total. The zero-order valence-electron chi connectivity index (χ0n) is 26.5. The van der Waals surface area contributed by atoms with Crippen LogP contribution in [0.5, 0.6) is 5.75 Å². The molecule has 11 heteroatoms. The Balaban J connectivity index is 1.16. The van der Waals surface area contributed by atoms with E-state index in [0.717, 1.165) is 23.0 Å². The Kier molecular flexibility index (Phi) is 11.6. The van der Waals surface area contributed by atoms with E-state index in [4.69, 9.17) is 5.73 Å². The number of aromatic hydroxyl groups is 1. The van der Waals surface area contributed by atoms with E-state index < -0.39 is 35.8 Å². The van der Waals surface area contributed by atoms with Crippen molar-refractivity contribution in [3.63, 3.8) is 0 Å². The third kappa shape index (κ3) is 9.03. The fourth-order valence-corrected chi connectivity index (χ4v) is 8.25. The van der Waals surface area contributed by atoms with Gasteiger partial charge in [0.05, 0.1) is 12.6 Å². The number of thioether (sulfide) groups is 1. The van der Waals surface area contributed by atoms with E-state index >= 15 is 0 Å². The molecule has 0 radical (unpaired) electrons. The molecule has 0 aromatic heterocycles. The Hall–Kier alpha value is -3.57. The van der Waals surface area contributed by atoms with E-state index in [0.29, 0.717) is 30.4 Å². The minimum atomic E-state index is -0.899. The smallest absolute Gasteiger partial charge is 0.243 e. The third-order valence-corrected chi connectivity index (χ3v) is 10.5. The van der Waals surface area contributed by atoms with E-state index in [1.807, 2.05) is 36.6 Å². The summed E-state index contributed by atoms with van der Waals surface area (Å²) in [5.41, 5.74) is 7.83. The third-order valence-electron chi connectivity index (χ3n) is 9.87. The van der Waals surface area contributed by atoms with Crippen molar-refractivity contribution in [1.82, 2.24) is 21.3 Å². The minimum absolute atomic E-state index is 0.120. The maximum absolute atomic E-state index is 13.7. The summed E-state index contributed by atoms with van der Waals surface area (Å²) in [6.07, 6.45) is 8.88. The monoisotopic (exact) mass is 649 g/mol. The maximum Gasteiger partial charge on any atom is 0.243 e. The van der Waals surface area contributed by atoms with Gasteiger partial charge in [0.2, 0.25) is 23.6 Å². The lowest BCUT2D eigenvalue weighted by molar-refractivity contribution is -0.132. The maximum atomic E-state index is 13.7. The largest absolute Gasteiger partial charge is 0.508 e. The number of nitrogens with one attached hydrogen (secondary N) is 4. The average Bonchev–Trinajstić information content (AvgIpc) is 3.04. The molecule has 0 heterocycles. The predicted molar refractivity (Wildman–Crippen MR) is 179 cm³/mol. The highest BCUT2D eigenvalue weighted by Crippen LogP contribution is 2.53. The molecule has 6 rings (SSSR count). The zero-order chi connectivity index (χ0) is 32.6. The molecular formula is C35H47N5O5S. The van der Waals surface area contributed by atoms with Crippen LogP contribution in [0.25, 0.3) is 0 Å². The Morgan fingerprint density at radius 3 is 2.07 bits per heavy atom. The molecule has 46 heavy (non-hydrogen) atoms. The SMILES string of the molecule is CSCC[C@@H](NC(=O)[C@@H](N)Cc1ccc(O)cc1)C(=O)NCC(=O)N[C@@H](Cc1ccccc1)C(=O)NC1C2CC3CC(C2)CC1C3. The first-order valence-electron chi connectivity index (χ1n) is 16.4. The molecule has 4 aliphatic carbocycles. The van der Waals surface area contributed by atoms with Crippen LogP contribution in [-0.2, 0) is 32.0 Å². The fraction of sp³-hybridized carbons (Fsp3) is 0.543. The summed E-state index contributed by atoms with van der Waals surface area (Å²) >= 11 is 1.54. The van der Waals surface area contributed by atoms with Gasteiger partial charge >= 0.3 is 0 Å². The lowest BCUT2D eigenvalue weighted by Gasteiger charge is -2.54. The number of carbonyl (C=O) groups is 4. The molecular weight excluding hydrogens is 602 g/mol. The number of amides is 4. The number of hydrogen-bond acceptors (Lipinski definition) is 7. The normalized spacial score (nSPS) is 24.8. The molecule has 0 unspecified atom stereocenters. The van der Waals surface area contributed by atoms with Gasteiger partial charge in [-0.25, -0.2) is 0 Å². The van der Waals surface area contributed by atoms with E-state index in [1.54, 1.807) is 12.1 Å². The van der Waals surface area contributed by atoms with Crippen LogP contribution < -0.4 is 27.0 Å². The molecule has 4 fully saturated rings. The van der Waals surface area contributed by atoms with Gasteiger partial charge in [0.1, 0.15) is 17.8 Å². The first-order chi connectivity index (χ1) is 22.2. The van der Waals surface area contributed by atoms with Crippen LogP contribution in [0, 0.1) is 23.7 Å². The Morgan fingerprint density at radius 1 is 0.804 bits per heavy atom. The van der Waals surface area contributed by atoms with Gasteiger partial charge in [-0.1, -0.05) is 42.5 Å². The van der Waals surface area contributed by atoms with Gasteiger partial charge in [-0.05, 0) is 104 Å². The predicted octanol–water partition coefficient (Wildman–Crippen LogP) is 2.28. The van der Waals surface area contributed by atoms with Crippen LogP contribution >= 0.6 is 11.8 Å². The van der Waals surface area contributed by atoms with Crippen LogP contribution in [0.15, 0.2) is 54.6 Å². The molecule has 2 aromatic rings. The molecule has 4 saturated carbocycles. The average molecular weight is 650 g/mol. The molecule has 4 aliphatic rings. The van der Waals surface area contributed by atoms with Crippen LogP contribution in [0.4, 0.5) is 0 Å². The molecule has 2 aromatic carbocycles. The van der Waals surface area contributed by atoms with Crippen molar-refractivity contribution in [3.8, 4) is 5.75 Å². The van der Waals surface area contributed by atoms with E-state index in [-0.39, 0.29) is 30.7 Å². The fourth-order valence-electron chi connectivity index (χ4n) is 7.78. The van der Waals surface area contributed by atoms with E-state index in [2.05, 4.69) is 21.3 Å². The number of carbonyl (C=O) groups excluding carboxylic acids is 4. The van der Waals surface area contributed by atoms with Crippen molar-refractivity contribution >= 4 is 35.4 Å². The first-order valence-corrected chi connectivity index (χ1v) is 17.8. The van der Waals surface area contributed by atoms with Crippen molar-refractivity contribution < 1.29 is 24.3 Å². The summed E-state index contributed by atoms with van der Waals surface area (Å²) in [4.78, 5) is 52.9. The van der Waals surface area contributed by atoms with Crippen molar-refractivity contribution in [2.75, 3.05) is 18.6 Å². The Labute approximate surface area is 275 Å². The number of phenolic OH excluding ortho intramolecular Hbond substituents is 1. The van der Waals surface area contributed by atoms with Gasteiger partial charge in [-0.3, -0.25) is 19.2 Å². The van der Waals surface area contributed by atoms with Gasteiger partial charge in [-0.15, -0.1) is 0 Å². The molecule has 4 bridgehead atoms. The van der Waals surface area contributed by atoms with Gasteiger partial charge < -0.3 is 32.1 Å². The number of hydrogen-bond donors (Lipinski definition) is 6. The Bertz CT molecular complexity index is 1330. The number of phenols is 1. The standard InChI is InChI=1S/C35H47N5O5S/c1-46-12-11-29(39-33(43)28(36)18-22-7-9-27(41)10-8-22)34(44)37-20-31(42)38-30(19-21-5-3-2-4-6-21)35(45)40-32-25-14-23-13-24(16-25)17-26(32)15-23/h2-10,23-26,28-30,32,41H,11-20,36H2,1H3,(H,37,44)(H,38,42)(H,39,43)(H,40,45)/t23?,24?,25?,26?,28-,29+,30-,32?/m0/s1. The first kappa shape index (κ1) is 33.8. The highest BCUT2D eigenvalue weighted by Gasteiger charge is 2.49. The molecule has 0 aliphatic heterocycles. The van der Waals surface area contributed by atoms with Gasteiger partial charge in [0.25, 0.3) is 0 Å². The second-order valence-corrected chi connectivity index (χ2v) is 14.3. The zero-order valence-corrected chi connectivity index (χ0v) is 27.3. The summed E-state index contributed by atoms with van der Waals surface area (Å²) in [5.74, 6) is 1.69. The Morgan fingerprint density at radius 2 is 1.43 bits per heavy atom. The van der Waals surface area contributed by atoms with Crippen molar-refractivity contribution in [2.24, 2.45) is 29.4 Å². The number of benzene rings is 2. The van der Waals surface area contributed by atoms with Crippen LogP contribution in [-0.4, -0.2) is 71.5 Å². The molecule has 0 spiro atoms. The number of nitrogens with two attached hydrogens (primary N) is 1. The van der Waals surface area contributed by atoms with Gasteiger partial charge in [0, 0.05) is 12.5 Å². The molecule has 3 atom stereocenters. The lowest BCUT2D eigenvalue weighted by atomic mass is 9.54. The van der Waals surface area contributed by atoms with Gasteiger partial charge in [-0.2, -0.15) is 11.8 Å². The lowest BCUT2D eigenvalue weighted by Crippen LogP contribution is -2.60. The highest BCUT2D eigenvalue weighted by atomic mass is 32.2. The van der Waals surface area contributed by atoms with Crippen molar-refractivity contribution in [2.45, 2.75) is 75.5 Å². The molecule has 0 saturated heterocycles. The van der Waals surface area contributed by atoms with Crippen LogP contribution in [0.2, 0.25) is 0 Å². The van der Waals surface area contributed by atoms with Crippen molar-refractivity contribution in [1.29, 1.82) is 0 Å². The van der Waals surface area contributed by atoms with Crippen LogP contribution in [0.1, 0.15) is 49.7 Å². The second-order valence-electron chi connectivity index (χ2n) is 13.3. The number of rotatable bonds is 15. The molecule has 248 valence electrons. The summed E-state index contributed by atoms with van der Waals surface area (Å²) in [6.45, 7) is -0.333. The van der Waals surface area contributed by atoms with Crippen molar-refractivity contribution in [3.05, 3.63) is 65.7 Å². The summed E-state index contributed by atoms with van der Waals surface area (Å²) < 4.78 is 0. The van der Waals surface area contributed by atoms with Crippen LogP contribution in [0.3, 0.4) is 0 Å². The van der Waals surface area contributed by atoms with E-state index in [1.165, 1.54) is 56.0 Å². The molecule has 7 N–H and O–H groups in total. The quantitative estimate of drug-likeness (QED) is 0.173.